The zero-order valence-corrected chi connectivity index (χ0v) is 10.5. The number of H-pyrrole nitrogens is 1. The lowest BCUT2D eigenvalue weighted by atomic mass is 10.1. The van der Waals surface area contributed by atoms with Crippen molar-refractivity contribution in [2.45, 2.75) is 26.1 Å². The van der Waals surface area contributed by atoms with E-state index in [9.17, 15) is 18.0 Å². The third-order valence-corrected chi connectivity index (χ3v) is 2.72. The quantitative estimate of drug-likeness (QED) is 0.830. The maximum atomic E-state index is 13.0. The minimum absolute atomic E-state index is 0.139. The Balaban J connectivity index is 2.89. The van der Waals surface area contributed by atoms with Crippen LogP contribution in [-0.4, -0.2) is 15.0 Å². The van der Waals surface area contributed by atoms with Crippen LogP contribution in [0.3, 0.4) is 0 Å². The Kier molecular flexibility index (Phi) is 3.28. The molecule has 2 aromatic heterocycles. The summed E-state index contributed by atoms with van der Waals surface area (Å²) in [5.74, 6) is 0.198. The van der Waals surface area contributed by atoms with Gasteiger partial charge in [-0.3, -0.25) is 4.79 Å². The van der Waals surface area contributed by atoms with Crippen molar-refractivity contribution in [3.63, 3.8) is 0 Å². The molecule has 0 spiro atoms. The van der Waals surface area contributed by atoms with E-state index in [0.717, 1.165) is 6.07 Å². The van der Waals surface area contributed by atoms with Crippen molar-refractivity contribution in [2.24, 2.45) is 5.11 Å². The average Bonchev–Trinajstić information content (AvgIpc) is 2.35. The van der Waals surface area contributed by atoms with Crippen LogP contribution >= 0.6 is 0 Å². The highest BCUT2D eigenvalue weighted by atomic mass is 19.4. The molecule has 0 saturated carbocycles. The molecule has 0 amide bonds. The second kappa shape index (κ2) is 4.66. The van der Waals surface area contributed by atoms with Crippen molar-refractivity contribution in [2.75, 3.05) is 0 Å². The van der Waals surface area contributed by atoms with Gasteiger partial charge in [-0.2, -0.15) is 18.3 Å². The van der Waals surface area contributed by atoms with E-state index in [1.54, 1.807) is 0 Å². The van der Waals surface area contributed by atoms with Crippen LogP contribution in [0.4, 0.5) is 13.2 Å². The van der Waals surface area contributed by atoms with Gasteiger partial charge < -0.3 is 4.98 Å². The normalized spacial score (nSPS) is 13.4. The van der Waals surface area contributed by atoms with E-state index in [-0.39, 0.29) is 16.9 Å². The van der Waals surface area contributed by atoms with Gasteiger partial charge in [-0.1, -0.05) is 0 Å². The highest BCUT2D eigenvalue weighted by Crippen LogP contribution is 2.35. The van der Waals surface area contributed by atoms with Crippen molar-refractivity contribution in [3.8, 4) is 0 Å². The van der Waals surface area contributed by atoms with E-state index in [1.807, 2.05) is 0 Å². The fourth-order valence-corrected chi connectivity index (χ4v) is 1.81. The van der Waals surface area contributed by atoms with Crippen LogP contribution in [0.2, 0.25) is 0 Å². The Morgan fingerprint density at radius 1 is 1.40 bits per heavy atom. The lowest BCUT2D eigenvalue weighted by Crippen LogP contribution is -2.17. The van der Waals surface area contributed by atoms with Crippen molar-refractivity contribution in [1.82, 2.24) is 15.0 Å². The predicted molar refractivity (Wildman–Crippen MR) is 63.5 cm³/mol. The minimum Gasteiger partial charge on any atom is -0.309 e. The lowest BCUT2D eigenvalue weighted by Gasteiger charge is -2.14. The summed E-state index contributed by atoms with van der Waals surface area (Å²) >= 11 is 0. The second-order valence-corrected chi connectivity index (χ2v) is 4.24. The molecule has 0 radical (unpaired) electrons. The average molecular weight is 285 g/mol. The van der Waals surface area contributed by atoms with Crippen LogP contribution in [0, 0.1) is 12.5 Å². The van der Waals surface area contributed by atoms with Gasteiger partial charge in [-0.15, -0.1) is 0 Å². The molecular formula is C11H10F3N5O. The summed E-state index contributed by atoms with van der Waals surface area (Å²) < 4.78 is 39.1. The molecule has 20 heavy (non-hydrogen) atoms. The number of aromatic nitrogens is 3. The molecule has 1 atom stereocenters. The first-order valence-electron chi connectivity index (χ1n) is 5.59. The number of hydrogen-bond donors (Lipinski definition) is 2. The Morgan fingerprint density at radius 3 is 2.60 bits per heavy atom. The van der Waals surface area contributed by atoms with E-state index in [2.05, 4.69) is 20.1 Å². The molecule has 6 nitrogen and oxygen atoms in total. The zero-order chi connectivity index (χ0) is 15.1. The van der Waals surface area contributed by atoms with E-state index in [0.29, 0.717) is 0 Å². The molecule has 106 valence electrons. The number of aromatic amines is 1. The Hall–Kier alpha value is -2.32. The highest BCUT2D eigenvalue weighted by Gasteiger charge is 2.36. The largest absolute Gasteiger partial charge is 0.418 e. The number of nitrogens with one attached hydrogen (secondary N) is 2. The number of halogens is 3. The number of aryl methyl sites for hydroxylation is 1. The number of alkyl halides is 3. The molecule has 2 heterocycles. The summed E-state index contributed by atoms with van der Waals surface area (Å²) in [5.41, 5.74) is 4.40. The number of hydrogen-bond acceptors (Lipinski definition) is 5. The molecule has 0 fully saturated rings. The molecule has 1 unspecified atom stereocenters. The third-order valence-electron chi connectivity index (χ3n) is 2.72. The topological polar surface area (TPSA) is 94.8 Å². The number of nitrogens with zero attached hydrogens (tertiary/aromatic N) is 3. The molecule has 0 aliphatic carbocycles. The van der Waals surface area contributed by atoms with Gasteiger partial charge in [0.25, 0.3) is 5.56 Å². The molecule has 0 aliphatic rings. The van der Waals surface area contributed by atoms with Crippen LogP contribution in [0.15, 0.2) is 16.0 Å². The monoisotopic (exact) mass is 285 g/mol. The van der Waals surface area contributed by atoms with Crippen molar-refractivity contribution < 1.29 is 13.2 Å². The van der Waals surface area contributed by atoms with E-state index in [1.165, 1.54) is 13.8 Å². The number of rotatable bonds is 2. The van der Waals surface area contributed by atoms with E-state index in [4.69, 9.17) is 5.53 Å². The third kappa shape index (κ3) is 2.38. The summed E-state index contributed by atoms with van der Waals surface area (Å²) in [6.45, 7) is 2.76. The lowest BCUT2D eigenvalue weighted by molar-refractivity contribution is -0.138. The van der Waals surface area contributed by atoms with Gasteiger partial charge in [-0.05, 0) is 19.9 Å². The van der Waals surface area contributed by atoms with Crippen LogP contribution < -0.4 is 5.56 Å². The van der Waals surface area contributed by atoms with Gasteiger partial charge in [0.05, 0.1) is 16.8 Å². The van der Waals surface area contributed by atoms with Crippen molar-refractivity contribution in [3.05, 3.63) is 33.5 Å². The zero-order valence-electron chi connectivity index (χ0n) is 10.5. The standard InChI is InChI=1S/C11H10F3N5O/c1-4(19-15)8-6(11(12,13)14)3-7-9(18-8)10(20)17-5(2)16-7/h3-4,15H,1-2H3,(H,16,17,20). The molecule has 0 aliphatic heterocycles. The first-order chi connectivity index (χ1) is 9.24. The van der Waals surface area contributed by atoms with E-state index < -0.39 is 29.0 Å². The summed E-state index contributed by atoms with van der Waals surface area (Å²) in [5, 5.41) is 3.04. The molecule has 0 saturated heterocycles. The summed E-state index contributed by atoms with van der Waals surface area (Å²) in [7, 11) is 0. The van der Waals surface area contributed by atoms with Gasteiger partial charge in [-0.25, -0.2) is 15.5 Å². The second-order valence-electron chi connectivity index (χ2n) is 4.24. The minimum atomic E-state index is -4.66. The Labute approximate surface area is 110 Å². The first-order valence-corrected chi connectivity index (χ1v) is 5.59. The SMILES string of the molecule is Cc1nc2cc(C(F)(F)F)c(C(C)N=N)nc2c(=O)[nH]1. The molecule has 2 N–H and O–H groups in total. The smallest absolute Gasteiger partial charge is 0.309 e. The summed E-state index contributed by atoms with van der Waals surface area (Å²) in [6, 6.07) is -0.335. The van der Waals surface area contributed by atoms with Gasteiger partial charge in [0.15, 0.2) is 5.52 Å². The van der Waals surface area contributed by atoms with Gasteiger partial charge in [0.1, 0.15) is 11.9 Å². The summed E-state index contributed by atoms with van der Waals surface area (Å²) in [4.78, 5) is 21.6. The van der Waals surface area contributed by atoms with Crippen molar-refractivity contribution >= 4 is 11.0 Å². The predicted octanol–water partition coefficient (Wildman–Crippen LogP) is 2.74. The number of pyridine rings is 1. The number of fused-ring (bicyclic) bond motifs is 1. The molecular weight excluding hydrogens is 275 g/mol. The van der Waals surface area contributed by atoms with Crippen LogP contribution in [0.25, 0.3) is 11.0 Å². The summed E-state index contributed by atoms with van der Waals surface area (Å²) in [6.07, 6.45) is -4.66. The fourth-order valence-electron chi connectivity index (χ4n) is 1.81. The highest BCUT2D eigenvalue weighted by molar-refractivity contribution is 5.74. The van der Waals surface area contributed by atoms with Crippen LogP contribution in [0.1, 0.15) is 30.0 Å². The van der Waals surface area contributed by atoms with Gasteiger partial charge >= 0.3 is 6.18 Å². The maximum Gasteiger partial charge on any atom is 0.418 e. The molecule has 0 bridgehead atoms. The molecule has 0 aromatic carbocycles. The van der Waals surface area contributed by atoms with Gasteiger partial charge in [0, 0.05) is 0 Å². The van der Waals surface area contributed by atoms with Crippen LogP contribution in [-0.2, 0) is 6.18 Å². The van der Waals surface area contributed by atoms with Crippen LogP contribution in [0.5, 0.6) is 0 Å². The van der Waals surface area contributed by atoms with E-state index >= 15 is 0 Å². The van der Waals surface area contributed by atoms with Gasteiger partial charge in [0.2, 0.25) is 0 Å². The maximum absolute atomic E-state index is 13.0. The Morgan fingerprint density at radius 2 is 2.05 bits per heavy atom. The first kappa shape index (κ1) is 14.1. The van der Waals surface area contributed by atoms with Crippen molar-refractivity contribution in [1.29, 1.82) is 5.53 Å². The molecule has 9 heteroatoms. The Bertz CT molecular complexity index is 737. The molecule has 2 aromatic rings. The molecule has 2 rings (SSSR count). The fraction of sp³-hybridized carbons (Fsp3) is 0.364.